The molecule has 0 saturated heterocycles. The number of rotatable bonds is 1. The Morgan fingerprint density at radius 3 is 2.31 bits per heavy atom. The molecule has 0 N–H and O–H groups in total. The van der Waals surface area contributed by atoms with Crippen LogP contribution in [0.4, 0.5) is 0 Å². The van der Waals surface area contributed by atoms with Gasteiger partial charge in [0.2, 0.25) is 0 Å². The third-order valence-corrected chi connectivity index (χ3v) is 2.49. The van der Waals surface area contributed by atoms with Gasteiger partial charge in [0.25, 0.3) is 5.56 Å². The van der Waals surface area contributed by atoms with E-state index < -0.39 is 0 Å². The van der Waals surface area contributed by atoms with Crippen LogP contribution in [0.2, 0.25) is 0 Å². The molecule has 0 unspecified atom stereocenters. The molecule has 0 radical (unpaired) electrons. The van der Waals surface area contributed by atoms with Gasteiger partial charge in [-0.2, -0.15) is 0 Å². The molecule has 0 spiro atoms. The molecule has 2 nitrogen and oxygen atoms in total. The molecule has 2 heteroatoms. The minimum absolute atomic E-state index is 0.146. The standard InChI is InChI=1S/C11H17NO/c1-7(2)10-8(3)6-9(4)12(5)11(10)13/h6-7H,1-5H3. The van der Waals surface area contributed by atoms with E-state index in [1.165, 1.54) is 0 Å². The highest BCUT2D eigenvalue weighted by atomic mass is 16.1. The van der Waals surface area contributed by atoms with Crippen LogP contribution in [-0.4, -0.2) is 4.57 Å². The van der Waals surface area contributed by atoms with Crippen LogP contribution in [0.5, 0.6) is 0 Å². The Bertz CT molecular complexity index is 374. The fraction of sp³-hybridized carbons (Fsp3) is 0.545. The van der Waals surface area contributed by atoms with Crippen molar-refractivity contribution in [3.05, 3.63) is 33.2 Å². The van der Waals surface area contributed by atoms with Gasteiger partial charge in [-0.15, -0.1) is 0 Å². The van der Waals surface area contributed by atoms with Crippen LogP contribution in [0.25, 0.3) is 0 Å². The zero-order valence-electron chi connectivity index (χ0n) is 9.01. The highest BCUT2D eigenvalue weighted by Crippen LogP contribution is 2.14. The largest absolute Gasteiger partial charge is 0.316 e. The number of aryl methyl sites for hydroxylation is 2. The second-order valence-electron chi connectivity index (χ2n) is 3.90. The van der Waals surface area contributed by atoms with Gasteiger partial charge in [0.1, 0.15) is 0 Å². The average Bonchev–Trinajstić information content (AvgIpc) is 1.99. The first-order valence-electron chi connectivity index (χ1n) is 4.62. The lowest BCUT2D eigenvalue weighted by atomic mass is 9.99. The van der Waals surface area contributed by atoms with Crippen LogP contribution in [0, 0.1) is 13.8 Å². The van der Waals surface area contributed by atoms with E-state index in [1.807, 2.05) is 20.9 Å². The first-order valence-corrected chi connectivity index (χ1v) is 4.62. The van der Waals surface area contributed by atoms with Crippen LogP contribution >= 0.6 is 0 Å². The molecule has 0 amide bonds. The Morgan fingerprint density at radius 1 is 1.31 bits per heavy atom. The summed E-state index contributed by atoms with van der Waals surface area (Å²) in [7, 11) is 1.82. The van der Waals surface area contributed by atoms with Gasteiger partial charge in [-0.25, -0.2) is 0 Å². The molecule has 0 bridgehead atoms. The van der Waals surface area contributed by atoms with Crippen LogP contribution in [0.3, 0.4) is 0 Å². The molecular weight excluding hydrogens is 162 g/mol. The lowest BCUT2D eigenvalue weighted by molar-refractivity contribution is 0.751. The normalized spacial score (nSPS) is 10.9. The first kappa shape index (κ1) is 10.0. The number of hydrogen-bond donors (Lipinski definition) is 0. The number of aromatic nitrogens is 1. The summed E-state index contributed by atoms with van der Waals surface area (Å²) in [6.07, 6.45) is 0. The van der Waals surface area contributed by atoms with Crippen LogP contribution in [0.1, 0.15) is 36.6 Å². The van der Waals surface area contributed by atoms with Gasteiger partial charge in [-0.3, -0.25) is 4.79 Å². The SMILES string of the molecule is Cc1cc(C)n(C)c(=O)c1C(C)C. The van der Waals surface area contributed by atoms with Crippen molar-refractivity contribution in [2.24, 2.45) is 7.05 Å². The maximum atomic E-state index is 11.8. The molecule has 1 aromatic heterocycles. The molecule has 1 heterocycles. The van der Waals surface area contributed by atoms with Crippen molar-refractivity contribution in [3.63, 3.8) is 0 Å². The van der Waals surface area contributed by atoms with E-state index in [1.54, 1.807) is 4.57 Å². The van der Waals surface area contributed by atoms with Gasteiger partial charge in [-0.05, 0) is 31.4 Å². The van der Waals surface area contributed by atoms with Gasteiger partial charge >= 0.3 is 0 Å². The summed E-state index contributed by atoms with van der Waals surface area (Å²) < 4.78 is 1.71. The lowest BCUT2D eigenvalue weighted by Crippen LogP contribution is -2.24. The maximum Gasteiger partial charge on any atom is 0.254 e. The predicted octanol–water partition coefficient (Wildman–Crippen LogP) is 2.13. The maximum absolute atomic E-state index is 11.8. The molecule has 1 rings (SSSR count). The Labute approximate surface area is 79.2 Å². The van der Waals surface area contributed by atoms with Crippen molar-refractivity contribution >= 4 is 0 Å². The number of hydrogen-bond acceptors (Lipinski definition) is 1. The fourth-order valence-corrected chi connectivity index (χ4v) is 1.70. The van der Waals surface area contributed by atoms with E-state index in [9.17, 15) is 4.79 Å². The molecule has 0 saturated carbocycles. The summed E-state index contributed by atoms with van der Waals surface area (Å²) in [5.41, 5.74) is 3.21. The minimum atomic E-state index is 0.146. The van der Waals surface area contributed by atoms with E-state index in [-0.39, 0.29) is 5.56 Å². The van der Waals surface area contributed by atoms with Gasteiger partial charge in [0.15, 0.2) is 0 Å². The highest BCUT2D eigenvalue weighted by Gasteiger charge is 2.10. The van der Waals surface area contributed by atoms with Gasteiger partial charge in [0.05, 0.1) is 0 Å². The third-order valence-electron chi connectivity index (χ3n) is 2.49. The molecule has 1 aromatic rings. The average molecular weight is 179 g/mol. The summed E-state index contributed by atoms with van der Waals surface area (Å²) in [6, 6.07) is 2.07. The van der Waals surface area contributed by atoms with Crippen molar-refractivity contribution in [2.45, 2.75) is 33.6 Å². The summed E-state index contributed by atoms with van der Waals surface area (Å²) >= 11 is 0. The van der Waals surface area contributed by atoms with Crippen LogP contribution in [0.15, 0.2) is 10.9 Å². The summed E-state index contributed by atoms with van der Waals surface area (Å²) in [4.78, 5) is 11.8. The third kappa shape index (κ3) is 1.67. The van der Waals surface area contributed by atoms with E-state index in [4.69, 9.17) is 0 Å². The molecule has 0 aliphatic rings. The van der Waals surface area contributed by atoms with Crippen LogP contribution in [-0.2, 0) is 7.05 Å². The predicted molar refractivity (Wildman–Crippen MR) is 55.2 cm³/mol. The zero-order valence-corrected chi connectivity index (χ0v) is 9.01. The van der Waals surface area contributed by atoms with Crippen molar-refractivity contribution in [3.8, 4) is 0 Å². The van der Waals surface area contributed by atoms with Gasteiger partial charge < -0.3 is 4.57 Å². The van der Waals surface area contributed by atoms with Gasteiger partial charge in [0, 0.05) is 18.3 Å². The zero-order chi connectivity index (χ0) is 10.2. The molecule has 0 fully saturated rings. The van der Waals surface area contributed by atoms with Crippen LogP contribution < -0.4 is 5.56 Å². The second kappa shape index (κ2) is 3.36. The molecule has 0 aliphatic carbocycles. The smallest absolute Gasteiger partial charge is 0.254 e. The van der Waals surface area contributed by atoms with E-state index in [0.717, 1.165) is 16.8 Å². The molecule has 72 valence electrons. The monoisotopic (exact) mass is 179 g/mol. The fourth-order valence-electron chi connectivity index (χ4n) is 1.70. The van der Waals surface area contributed by atoms with Crippen molar-refractivity contribution < 1.29 is 0 Å². The number of nitrogens with zero attached hydrogens (tertiary/aromatic N) is 1. The topological polar surface area (TPSA) is 22.0 Å². The molecule has 0 aliphatic heterocycles. The quantitative estimate of drug-likeness (QED) is 0.647. The van der Waals surface area contributed by atoms with Gasteiger partial charge in [-0.1, -0.05) is 13.8 Å². The lowest BCUT2D eigenvalue weighted by Gasteiger charge is -2.12. The number of pyridine rings is 1. The van der Waals surface area contributed by atoms with Crippen molar-refractivity contribution in [1.29, 1.82) is 0 Å². The Balaban J connectivity index is 3.54. The van der Waals surface area contributed by atoms with E-state index >= 15 is 0 Å². The summed E-state index contributed by atoms with van der Waals surface area (Å²) in [6.45, 7) is 8.07. The Kier molecular flexibility index (Phi) is 2.60. The molecule has 13 heavy (non-hydrogen) atoms. The van der Waals surface area contributed by atoms with E-state index in [0.29, 0.717) is 5.92 Å². The first-order chi connectivity index (χ1) is 5.95. The molecular formula is C11H17NO. The molecule has 0 aromatic carbocycles. The van der Waals surface area contributed by atoms with Crippen molar-refractivity contribution in [1.82, 2.24) is 4.57 Å². The van der Waals surface area contributed by atoms with Crippen molar-refractivity contribution in [2.75, 3.05) is 0 Å². The Morgan fingerprint density at radius 2 is 1.85 bits per heavy atom. The summed E-state index contributed by atoms with van der Waals surface area (Å²) in [5.74, 6) is 0.305. The molecule has 0 atom stereocenters. The second-order valence-corrected chi connectivity index (χ2v) is 3.90. The Hall–Kier alpha value is -1.05. The minimum Gasteiger partial charge on any atom is -0.316 e. The highest BCUT2D eigenvalue weighted by molar-refractivity contribution is 5.28. The summed E-state index contributed by atoms with van der Waals surface area (Å²) in [5, 5.41) is 0. The van der Waals surface area contributed by atoms with E-state index in [2.05, 4.69) is 19.9 Å².